The van der Waals surface area contributed by atoms with E-state index < -0.39 is 5.91 Å². The van der Waals surface area contributed by atoms with Gasteiger partial charge < -0.3 is 20.5 Å². The average molecular weight is 358 g/mol. The van der Waals surface area contributed by atoms with Crippen molar-refractivity contribution in [3.8, 4) is 5.75 Å². The van der Waals surface area contributed by atoms with Crippen molar-refractivity contribution in [1.29, 1.82) is 0 Å². The van der Waals surface area contributed by atoms with E-state index in [9.17, 15) is 9.59 Å². The molecular weight excluding hydrogens is 336 g/mol. The SMILES string of the molecule is Cc1nn(C)cc1C(=O)N[C@@H]1COCC[C@H]1Oc1ccc(C(N)=O)cc1. The molecule has 3 rings (SSSR count). The maximum Gasteiger partial charge on any atom is 0.255 e. The van der Waals surface area contributed by atoms with Crippen LogP contribution in [-0.2, 0) is 11.8 Å². The molecule has 2 heterocycles. The first-order valence-electron chi connectivity index (χ1n) is 8.39. The molecule has 0 radical (unpaired) electrons. The Morgan fingerprint density at radius 2 is 2.08 bits per heavy atom. The summed E-state index contributed by atoms with van der Waals surface area (Å²) in [7, 11) is 1.77. The highest BCUT2D eigenvalue weighted by Crippen LogP contribution is 2.19. The van der Waals surface area contributed by atoms with Crippen molar-refractivity contribution in [3.05, 3.63) is 47.3 Å². The second-order valence-corrected chi connectivity index (χ2v) is 6.29. The van der Waals surface area contributed by atoms with Crippen molar-refractivity contribution >= 4 is 11.8 Å². The lowest BCUT2D eigenvalue weighted by molar-refractivity contribution is -0.00289. The van der Waals surface area contributed by atoms with Crippen molar-refractivity contribution < 1.29 is 19.1 Å². The van der Waals surface area contributed by atoms with Crippen molar-refractivity contribution in [2.24, 2.45) is 12.8 Å². The first-order chi connectivity index (χ1) is 12.4. The Labute approximate surface area is 151 Å². The average Bonchev–Trinajstić information content (AvgIpc) is 2.95. The number of carbonyl (C=O) groups excluding carboxylic acids is 2. The molecule has 138 valence electrons. The highest BCUT2D eigenvalue weighted by Gasteiger charge is 2.30. The van der Waals surface area contributed by atoms with Gasteiger partial charge in [-0.3, -0.25) is 14.3 Å². The number of carbonyl (C=O) groups is 2. The van der Waals surface area contributed by atoms with Gasteiger partial charge in [-0.1, -0.05) is 0 Å². The summed E-state index contributed by atoms with van der Waals surface area (Å²) < 4.78 is 13.1. The Kier molecular flexibility index (Phi) is 5.22. The van der Waals surface area contributed by atoms with E-state index in [1.54, 1.807) is 49.1 Å². The number of hydrogen-bond donors (Lipinski definition) is 2. The molecule has 26 heavy (non-hydrogen) atoms. The van der Waals surface area contributed by atoms with Crippen LogP contribution in [-0.4, -0.2) is 47.0 Å². The zero-order valence-corrected chi connectivity index (χ0v) is 14.8. The number of nitrogens with zero attached hydrogens (tertiary/aromatic N) is 2. The first-order valence-corrected chi connectivity index (χ1v) is 8.39. The molecule has 1 aliphatic rings. The van der Waals surface area contributed by atoms with E-state index in [1.807, 2.05) is 0 Å². The highest BCUT2D eigenvalue weighted by molar-refractivity contribution is 5.95. The standard InChI is InChI=1S/C18H22N4O4/c1-11-14(9-22(2)21-11)18(24)20-15-10-25-8-7-16(15)26-13-5-3-12(4-6-13)17(19)23/h3-6,9,15-16H,7-8,10H2,1-2H3,(H2,19,23)(H,20,24)/t15-,16-/m1/s1. The normalized spacial score (nSPS) is 19.8. The second-order valence-electron chi connectivity index (χ2n) is 6.29. The van der Waals surface area contributed by atoms with E-state index >= 15 is 0 Å². The molecule has 8 heteroatoms. The molecular formula is C18H22N4O4. The third-order valence-electron chi connectivity index (χ3n) is 4.29. The van der Waals surface area contributed by atoms with Crippen LogP contribution >= 0.6 is 0 Å². The summed E-state index contributed by atoms with van der Waals surface area (Å²) in [6.45, 7) is 2.72. The first kappa shape index (κ1) is 17.9. The minimum atomic E-state index is -0.486. The molecule has 1 aliphatic heterocycles. The van der Waals surface area contributed by atoms with Crippen LogP contribution in [0.4, 0.5) is 0 Å². The summed E-state index contributed by atoms with van der Waals surface area (Å²) in [5, 5.41) is 7.16. The maximum absolute atomic E-state index is 12.5. The lowest BCUT2D eigenvalue weighted by atomic mass is 10.1. The van der Waals surface area contributed by atoms with Crippen LogP contribution < -0.4 is 15.8 Å². The van der Waals surface area contributed by atoms with Crippen LogP contribution in [0.1, 0.15) is 32.8 Å². The van der Waals surface area contributed by atoms with Crippen molar-refractivity contribution in [1.82, 2.24) is 15.1 Å². The molecule has 1 aromatic heterocycles. The zero-order valence-electron chi connectivity index (χ0n) is 14.8. The summed E-state index contributed by atoms with van der Waals surface area (Å²) in [6, 6.07) is 6.33. The minimum Gasteiger partial charge on any atom is -0.488 e. The third kappa shape index (κ3) is 4.02. The Morgan fingerprint density at radius 1 is 1.35 bits per heavy atom. The largest absolute Gasteiger partial charge is 0.488 e. The smallest absolute Gasteiger partial charge is 0.255 e. The molecule has 1 saturated heterocycles. The van der Waals surface area contributed by atoms with Gasteiger partial charge >= 0.3 is 0 Å². The third-order valence-corrected chi connectivity index (χ3v) is 4.29. The molecule has 3 N–H and O–H groups in total. The molecule has 1 aromatic carbocycles. The van der Waals surface area contributed by atoms with Gasteiger partial charge in [0.25, 0.3) is 5.91 Å². The molecule has 2 aromatic rings. The quantitative estimate of drug-likeness (QED) is 0.822. The number of nitrogens with one attached hydrogen (secondary N) is 1. The Bertz CT molecular complexity index is 800. The predicted molar refractivity (Wildman–Crippen MR) is 94.0 cm³/mol. The van der Waals surface area contributed by atoms with Gasteiger partial charge in [0.2, 0.25) is 5.91 Å². The predicted octanol–water partition coefficient (Wildman–Crippen LogP) is 0.794. The Hall–Kier alpha value is -2.87. The van der Waals surface area contributed by atoms with Gasteiger partial charge in [-0.2, -0.15) is 5.10 Å². The zero-order chi connectivity index (χ0) is 18.7. The monoisotopic (exact) mass is 358 g/mol. The van der Waals surface area contributed by atoms with E-state index in [0.29, 0.717) is 42.2 Å². The molecule has 0 aliphatic carbocycles. The second kappa shape index (κ2) is 7.57. The summed E-state index contributed by atoms with van der Waals surface area (Å²) in [6.07, 6.45) is 2.10. The fourth-order valence-electron chi connectivity index (χ4n) is 2.94. The number of primary amides is 1. The molecule has 0 unspecified atom stereocenters. The lowest BCUT2D eigenvalue weighted by Gasteiger charge is -2.32. The molecule has 8 nitrogen and oxygen atoms in total. The fourth-order valence-corrected chi connectivity index (χ4v) is 2.94. The van der Waals surface area contributed by atoms with Crippen molar-refractivity contribution in [3.63, 3.8) is 0 Å². The van der Waals surface area contributed by atoms with Crippen molar-refractivity contribution in [2.45, 2.75) is 25.5 Å². The van der Waals surface area contributed by atoms with E-state index in [-0.39, 0.29) is 18.1 Å². The van der Waals surface area contributed by atoms with Gasteiger partial charge in [0.15, 0.2) is 0 Å². The van der Waals surface area contributed by atoms with Gasteiger partial charge in [-0.05, 0) is 31.2 Å². The minimum absolute atomic E-state index is 0.205. The van der Waals surface area contributed by atoms with Gasteiger partial charge in [-0.15, -0.1) is 0 Å². The van der Waals surface area contributed by atoms with Crippen LogP contribution in [0.3, 0.4) is 0 Å². The van der Waals surface area contributed by atoms with Crippen LogP contribution in [0, 0.1) is 6.92 Å². The number of aryl methyl sites for hydroxylation is 2. The van der Waals surface area contributed by atoms with E-state index in [1.165, 1.54) is 0 Å². The van der Waals surface area contributed by atoms with Gasteiger partial charge in [0.1, 0.15) is 11.9 Å². The highest BCUT2D eigenvalue weighted by atomic mass is 16.5. The number of ether oxygens (including phenoxy) is 2. The van der Waals surface area contributed by atoms with Crippen LogP contribution in [0.25, 0.3) is 0 Å². The van der Waals surface area contributed by atoms with Gasteiger partial charge in [0.05, 0.1) is 30.5 Å². The number of hydrogen-bond acceptors (Lipinski definition) is 5. The fraction of sp³-hybridized carbons (Fsp3) is 0.389. The lowest BCUT2D eigenvalue weighted by Crippen LogP contribution is -2.51. The topological polar surface area (TPSA) is 108 Å². The molecule has 0 saturated carbocycles. The summed E-state index contributed by atoms with van der Waals surface area (Å²) in [4.78, 5) is 23.7. The Morgan fingerprint density at radius 3 is 2.69 bits per heavy atom. The summed E-state index contributed by atoms with van der Waals surface area (Å²) >= 11 is 0. The van der Waals surface area contributed by atoms with Crippen LogP contribution in [0.2, 0.25) is 0 Å². The number of rotatable bonds is 5. The van der Waals surface area contributed by atoms with E-state index in [0.717, 1.165) is 0 Å². The molecule has 2 atom stereocenters. The molecule has 0 spiro atoms. The van der Waals surface area contributed by atoms with Crippen LogP contribution in [0.15, 0.2) is 30.5 Å². The van der Waals surface area contributed by atoms with Gasteiger partial charge in [0, 0.05) is 25.2 Å². The molecule has 0 bridgehead atoms. The van der Waals surface area contributed by atoms with E-state index in [4.69, 9.17) is 15.2 Å². The molecule has 1 fully saturated rings. The molecule has 2 amide bonds. The number of nitrogens with two attached hydrogens (primary N) is 1. The number of benzene rings is 1. The number of aromatic nitrogens is 2. The van der Waals surface area contributed by atoms with Crippen molar-refractivity contribution in [2.75, 3.05) is 13.2 Å². The Balaban J connectivity index is 1.68. The summed E-state index contributed by atoms with van der Waals surface area (Å²) in [5.41, 5.74) is 6.86. The van der Waals surface area contributed by atoms with E-state index in [2.05, 4.69) is 10.4 Å². The number of amides is 2. The maximum atomic E-state index is 12.5. The van der Waals surface area contributed by atoms with Crippen LogP contribution in [0.5, 0.6) is 5.75 Å². The summed E-state index contributed by atoms with van der Waals surface area (Å²) in [5.74, 6) is -0.0814. The van der Waals surface area contributed by atoms with Gasteiger partial charge in [-0.25, -0.2) is 0 Å².